The summed E-state index contributed by atoms with van der Waals surface area (Å²) in [5.74, 6) is 1.37. The Hall–Kier alpha value is -1.37. The standard InChI is InChI=1S/C15H16O/c1-10-8-12-7-6-11-4-2-3-5-13(11)14(12)9-15(10)16/h2-5,8,12,14H,6-7,9H2,1H3/t12-,14-/m0/s1. The highest BCUT2D eigenvalue weighted by molar-refractivity contribution is 5.96. The average molecular weight is 212 g/mol. The van der Waals surface area contributed by atoms with Gasteiger partial charge in [-0.3, -0.25) is 4.79 Å². The van der Waals surface area contributed by atoms with E-state index in [0.29, 0.717) is 24.0 Å². The number of benzene rings is 1. The Morgan fingerprint density at radius 3 is 2.94 bits per heavy atom. The molecule has 0 bridgehead atoms. The molecule has 0 amide bonds. The fourth-order valence-electron chi connectivity index (χ4n) is 3.11. The summed E-state index contributed by atoms with van der Waals surface area (Å²) < 4.78 is 0. The molecule has 0 heterocycles. The lowest BCUT2D eigenvalue weighted by Crippen LogP contribution is -2.26. The van der Waals surface area contributed by atoms with Crippen LogP contribution in [0, 0.1) is 5.92 Å². The fourth-order valence-corrected chi connectivity index (χ4v) is 3.11. The van der Waals surface area contributed by atoms with Gasteiger partial charge in [0.1, 0.15) is 0 Å². The summed E-state index contributed by atoms with van der Waals surface area (Å²) in [6.45, 7) is 1.96. The van der Waals surface area contributed by atoms with Gasteiger partial charge in [-0.05, 0) is 48.3 Å². The molecule has 16 heavy (non-hydrogen) atoms. The normalized spacial score (nSPS) is 28.1. The van der Waals surface area contributed by atoms with E-state index in [2.05, 4.69) is 30.3 Å². The predicted molar refractivity (Wildman–Crippen MR) is 64.4 cm³/mol. The third-order valence-corrected chi connectivity index (χ3v) is 4.03. The number of hydrogen-bond donors (Lipinski definition) is 0. The van der Waals surface area contributed by atoms with Crippen molar-refractivity contribution in [2.24, 2.45) is 5.92 Å². The Morgan fingerprint density at radius 2 is 2.06 bits per heavy atom. The van der Waals surface area contributed by atoms with E-state index in [4.69, 9.17) is 0 Å². The number of allylic oxidation sites excluding steroid dienone is 2. The molecule has 2 aliphatic carbocycles. The van der Waals surface area contributed by atoms with E-state index < -0.39 is 0 Å². The van der Waals surface area contributed by atoms with Gasteiger partial charge in [-0.2, -0.15) is 0 Å². The van der Waals surface area contributed by atoms with Gasteiger partial charge in [-0.1, -0.05) is 30.3 Å². The van der Waals surface area contributed by atoms with Crippen LogP contribution >= 0.6 is 0 Å². The first kappa shape index (κ1) is 9.83. The van der Waals surface area contributed by atoms with Crippen LogP contribution in [0.2, 0.25) is 0 Å². The first-order chi connectivity index (χ1) is 7.75. The summed E-state index contributed by atoms with van der Waals surface area (Å²) in [6.07, 6.45) is 5.28. The molecule has 0 aliphatic heterocycles. The second-order valence-electron chi connectivity index (χ2n) is 4.98. The van der Waals surface area contributed by atoms with Crippen molar-refractivity contribution in [2.75, 3.05) is 0 Å². The van der Waals surface area contributed by atoms with Crippen molar-refractivity contribution < 1.29 is 4.79 Å². The van der Waals surface area contributed by atoms with E-state index in [1.54, 1.807) is 0 Å². The smallest absolute Gasteiger partial charge is 0.158 e. The summed E-state index contributed by atoms with van der Waals surface area (Å²) in [4.78, 5) is 11.8. The van der Waals surface area contributed by atoms with Crippen molar-refractivity contribution in [2.45, 2.75) is 32.1 Å². The summed E-state index contributed by atoms with van der Waals surface area (Å²) in [5.41, 5.74) is 3.83. The van der Waals surface area contributed by atoms with Gasteiger partial charge in [0.15, 0.2) is 5.78 Å². The van der Waals surface area contributed by atoms with Gasteiger partial charge in [0.2, 0.25) is 0 Å². The lowest BCUT2D eigenvalue weighted by Gasteiger charge is -2.34. The second-order valence-corrected chi connectivity index (χ2v) is 4.98. The molecule has 1 heteroatoms. The number of carbonyl (C=O) groups is 1. The SMILES string of the molecule is CC1=C[C@@H]2CCc3ccccc3[C@H]2CC1=O. The Balaban J connectivity index is 2.05. The number of hydrogen-bond acceptors (Lipinski definition) is 1. The molecule has 2 atom stereocenters. The minimum atomic E-state index is 0.331. The Labute approximate surface area is 96.2 Å². The van der Waals surface area contributed by atoms with Crippen LogP contribution in [0.5, 0.6) is 0 Å². The maximum absolute atomic E-state index is 11.8. The topological polar surface area (TPSA) is 17.1 Å². The summed E-state index contributed by atoms with van der Waals surface area (Å²) >= 11 is 0. The molecule has 0 aromatic heterocycles. The largest absolute Gasteiger partial charge is 0.295 e. The van der Waals surface area contributed by atoms with E-state index in [0.717, 1.165) is 12.0 Å². The van der Waals surface area contributed by atoms with Crippen molar-refractivity contribution in [3.63, 3.8) is 0 Å². The molecule has 3 rings (SSSR count). The highest BCUT2D eigenvalue weighted by Crippen LogP contribution is 2.42. The van der Waals surface area contributed by atoms with Crippen LogP contribution in [0.25, 0.3) is 0 Å². The molecule has 1 aromatic rings. The lowest BCUT2D eigenvalue weighted by atomic mass is 9.69. The van der Waals surface area contributed by atoms with E-state index in [-0.39, 0.29) is 0 Å². The molecular formula is C15H16O. The van der Waals surface area contributed by atoms with Crippen molar-refractivity contribution >= 4 is 5.78 Å². The number of fused-ring (bicyclic) bond motifs is 3. The van der Waals surface area contributed by atoms with Gasteiger partial charge in [0.05, 0.1) is 0 Å². The number of aryl methyl sites for hydroxylation is 1. The zero-order chi connectivity index (χ0) is 11.1. The quantitative estimate of drug-likeness (QED) is 0.645. The Morgan fingerprint density at radius 1 is 1.25 bits per heavy atom. The fraction of sp³-hybridized carbons (Fsp3) is 0.400. The Kier molecular flexibility index (Phi) is 2.20. The third kappa shape index (κ3) is 1.42. The summed E-state index contributed by atoms with van der Waals surface area (Å²) in [5, 5.41) is 0. The van der Waals surface area contributed by atoms with E-state index in [1.165, 1.54) is 17.5 Å². The van der Waals surface area contributed by atoms with Gasteiger partial charge in [-0.15, -0.1) is 0 Å². The third-order valence-electron chi connectivity index (χ3n) is 4.03. The van der Waals surface area contributed by atoms with Crippen LogP contribution in [-0.4, -0.2) is 5.78 Å². The van der Waals surface area contributed by atoms with Gasteiger partial charge < -0.3 is 0 Å². The van der Waals surface area contributed by atoms with Crippen LogP contribution in [0.3, 0.4) is 0 Å². The molecule has 0 spiro atoms. The van der Waals surface area contributed by atoms with Crippen molar-refractivity contribution in [1.29, 1.82) is 0 Å². The first-order valence-corrected chi connectivity index (χ1v) is 6.05. The zero-order valence-electron chi connectivity index (χ0n) is 9.57. The maximum atomic E-state index is 11.8. The minimum absolute atomic E-state index is 0.331. The van der Waals surface area contributed by atoms with Crippen LogP contribution in [0.4, 0.5) is 0 Å². The molecule has 82 valence electrons. The molecule has 1 nitrogen and oxygen atoms in total. The predicted octanol–water partition coefficient (Wildman–Crippen LogP) is 3.25. The lowest BCUT2D eigenvalue weighted by molar-refractivity contribution is -0.116. The molecule has 0 N–H and O–H groups in total. The van der Waals surface area contributed by atoms with Crippen molar-refractivity contribution in [3.8, 4) is 0 Å². The molecule has 2 aliphatic rings. The number of Topliss-reactive ketones (excluding diaryl/α,β-unsaturated/α-hetero) is 1. The molecule has 0 unspecified atom stereocenters. The molecule has 0 saturated heterocycles. The number of rotatable bonds is 0. The molecular weight excluding hydrogens is 196 g/mol. The minimum Gasteiger partial charge on any atom is -0.295 e. The van der Waals surface area contributed by atoms with E-state index in [9.17, 15) is 4.79 Å². The number of carbonyl (C=O) groups excluding carboxylic acids is 1. The Bertz CT molecular complexity index is 470. The monoisotopic (exact) mass is 212 g/mol. The maximum Gasteiger partial charge on any atom is 0.158 e. The highest BCUT2D eigenvalue weighted by atomic mass is 16.1. The van der Waals surface area contributed by atoms with Gasteiger partial charge in [0.25, 0.3) is 0 Å². The summed E-state index contributed by atoms with van der Waals surface area (Å²) in [6, 6.07) is 8.61. The molecule has 0 fully saturated rings. The van der Waals surface area contributed by atoms with Gasteiger partial charge in [0, 0.05) is 6.42 Å². The zero-order valence-corrected chi connectivity index (χ0v) is 9.57. The highest BCUT2D eigenvalue weighted by Gasteiger charge is 2.33. The van der Waals surface area contributed by atoms with Crippen LogP contribution < -0.4 is 0 Å². The van der Waals surface area contributed by atoms with E-state index >= 15 is 0 Å². The van der Waals surface area contributed by atoms with Crippen LogP contribution in [-0.2, 0) is 11.2 Å². The number of ketones is 1. The average Bonchev–Trinajstić information content (AvgIpc) is 2.31. The van der Waals surface area contributed by atoms with E-state index in [1.807, 2.05) is 6.92 Å². The van der Waals surface area contributed by atoms with Crippen LogP contribution in [0.15, 0.2) is 35.9 Å². The molecule has 0 saturated carbocycles. The van der Waals surface area contributed by atoms with Gasteiger partial charge >= 0.3 is 0 Å². The second kappa shape index (κ2) is 3.58. The summed E-state index contributed by atoms with van der Waals surface area (Å²) in [7, 11) is 0. The molecule has 1 aromatic carbocycles. The van der Waals surface area contributed by atoms with Gasteiger partial charge in [-0.25, -0.2) is 0 Å². The van der Waals surface area contributed by atoms with Crippen molar-refractivity contribution in [3.05, 3.63) is 47.0 Å². The van der Waals surface area contributed by atoms with Crippen molar-refractivity contribution in [1.82, 2.24) is 0 Å². The first-order valence-electron chi connectivity index (χ1n) is 6.05. The molecule has 0 radical (unpaired) electrons. The van der Waals surface area contributed by atoms with Crippen LogP contribution in [0.1, 0.15) is 36.8 Å².